The lowest BCUT2D eigenvalue weighted by atomic mass is 10.0. The van der Waals surface area contributed by atoms with Gasteiger partial charge in [0, 0.05) is 19.2 Å². The van der Waals surface area contributed by atoms with Crippen molar-refractivity contribution in [3.8, 4) is 0 Å². The van der Waals surface area contributed by atoms with Crippen LogP contribution in [0.3, 0.4) is 0 Å². The lowest BCUT2D eigenvalue weighted by Gasteiger charge is -2.19. The Kier molecular flexibility index (Phi) is 5.21. The normalized spacial score (nSPS) is 23.9. The first-order valence-electron chi connectivity index (χ1n) is 5.96. The molecule has 0 spiro atoms. The maximum atomic E-state index is 11.6. The van der Waals surface area contributed by atoms with Gasteiger partial charge in [-0.05, 0) is 33.1 Å². The quantitative estimate of drug-likeness (QED) is 0.757. The van der Waals surface area contributed by atoms with E-state index in [1.165, 1.54) is 0 Å². The summed E-state index contributed by atoms with van der Waals surface area (Å²) in [6.07, 6.45) is 1.07. The molecule has 0 saturated carbocycles. The molecular weight excluding hydrogens is 226 g/mol. The first kappa shape index (κ1) is 13.9. The molecule has 1 heterocycles. The molecule has 0 aromatic heterocycles. The number of ether oxygens (including phenoxy) is 1. The van der Waals surface area contributed by atoms with E-state index in [-0.39, 0.29) is 11.0 Å². The van der Waals surface area contributed by atoms with Gasteiger partial charge in [0.2, 0.25) is 0 Å². The Bertz CT molecular complexity index is 294. The Hall–Kier alpha value is -0.130. The molecular formula is C11H23NO3S. The van der Waals surface area contributed by atoms with Crippen LogP contribution in [-0.4, -0.2) is 45.2 Å². The third-order valence-electron chi connectivity index (χ3n) is 3.24. The molecule has 4 nitrogen and oxygen atoms in total. The average molecular weight is 249 g/mol. The van der Waals surface area contributed by atoms with Crippen LogP contribution in [0.2, 0.25) is 0 Å². The number of sulfone groups is 1. The van der Waals surface area contributed by atoms with E-state index in [9.17, 15) is 8.42 Å². The fraction of sp³-hybridized carbons (Fsp3) is 1.00. The third-order valence-corrected chi connectivity index (χ3v) is 5.45. The molecule has 0 radical (unpaired) electrons. The highest BCUT2D eigenvalue weighted by Gasteiger charge is 2.22. The fourth-order valence-corrected chi connectivity index (χ4v) is 2.65. The minimum Gasteiger partial charge on any atom is -0.381 e. The van der Waals surface area contributed by atoms with E-state index < -0.39 is 9.84 Å². The zero-order valence-corrected chi connectivity index (χ0v) is 11.2. The minimum atomic E-state index is -2.91. The Balaban J connectivity index is 2.24. The van der Waals surface area contributed by atoms with Crippen molar-refractivity contribution in [1.29, 1.82) is 0 Å². The molecule has 1 aliphatic rings. The zero-order chi connectivity index (χ0) is 12.2. The first-order chi connectivity index (χ1) is 7.43. The second-order valence-corrected chi connectivity index (χ2v) is 7.46. The smallest absolute Gasteiger partial charge is 0.153 e. The number of nitrogens with one attached hydrogen (secondary N) is 1. The molecule has 0 aliphatic carbocycles. The number of hydrogen-bond acceptors (Lipinski definition) is 4. The van der Waals surface area contributed by atoms with Crippen LogP contribution in [0, 0.1) is 5.92 Å². The van der Waals surface area contributed by atoms with Crippen LogP contribution in [0.1, 0.15) is 27.2 Å². The molecule has 1 rings (SSSR count). The van der Waals surface area contributed by atoms with Crippen LogP contribution in [0.4, 0.5) is 0 Å². The largest absolute Gasteiger partial charge is 0.381 e. The molecule has 16 heavy (non-hydrogen) atoms. The standard InChI is InChI=1S/C11H23NO3S/c1-9(2)16(13,14)7-5-12-10(3)11-4-6-15-8-11/h9-12H,4-8H2,1-3H3. The Labute approximate surface area is 98.7 Å². The summed E-state index contributed by atoms with van der Waals surface area (Å²) in [6, 6.07) is 0.338. The van der Waals surface area contributed by atoms with E-state index in [4.69, 9.17) is 4.74 Å². The van der Waals surface area contributed by atoms with E-state index in [1.54, 1.807) is 13.8 Å². The lowest BCUT2D eigenvalue weighted by Crippen LogP contribution is -2.37. The van der Waals surface area contributed by atoms with Crippen LogP contribution < -0.4 is 5.32 Å². The number of rotatable bonds is 6. The van der Waals surface area contributed by atoms with Gasteiger partial charge >= 0.3 is 0 Å². The highest BCUT2D eigenvalue weighted by atomic mass is 32.2. The molecule has 0 amide bonds. The molecule has 5 heteroatoms. The third kappa shape index (κ3) is 4.03. The fourth-order valence-electron chi connectivity index (χ4n) is 1.78. The van der Waals surface area contributed by atoms with Gasteiger partial charge in [0.05, 0.1) is 17.6 Å². The molecule has 2 atom stereocenters. The van der Waals surface area contributed by atoms with Crippen molar-refractivity contribution < 1.29 is 13.2 Å². The number of hydrogen-bond donors (Lipinski definition) is 1. The Morgan fingerprint density at radius 1 is 1.38 bits per heavy atom. The second kappa shape index (κ2) is 5.98. The SMILES string of the molecule is CC(NCCS(=O)(=O)C(C)C)C1CCOC1. The van der Waals surface area contributed by atoms with E-state index in [1.807, 2.05) is 0 Å². The summed E-state index contributed by atoms with van der Waals surface area (Å²) >= 11 is 0. The van der Waals surface area contributed by atoms with Crippen LogP contribution in [0.15, 0.2) is 0 Å². The Morgan fingerprint density at radius 3 is 2.56 bits per heavy atom. The van der Waals surface area contributed by atoms with Gasteiger partial charge in [0.25, 0.3) is 0 Å². The van der Waals surface area contributed by atoms with Crippen molar-refractivity contribution in [1.82, 2.24) is 5.32 Å². The van der Waals surface area contributed by atoms with Gasteiger partial charge in [-0.25, -0.2) is 8.42 Å². The molecule has 1 aliphatic heterocycles. The van der Waals surface area contributed by atoms with Gasteiger partial charge in [0.15, 0.2) is 9.84 Å². The maximum Gasteiger partial charge on any atom is 0.153 e. The summed E-state index contributed by atoms with van der Waals surface area (Å²) in [5, 5.41) is 3.00. The van der Waals surface area contributed by atoms with Crippen LogP contribution >= 0.6 is 0 Å². The predicted octanol–water partition coefficient (Wildman–Crippen LogP) is 0.824. The van der Waals surface area contributed by atoms with Crippen LogP contribution in [-0.2, 0) is 14.6 Å². The van der Waals surface area contributed by atoms with Crippen molar-refractivity contribution in [2.24, 2.45) is 5.92 Å². The van der Waals surface area contributed by atoms with Crippen LogP contribution in [0.5, 0.6) is 0 Å². The predicted molar refractivity (Wildman–Crippen MR) is 65.3 cm³/mol. The topological polar surface area (TPSA) is 55.4 Å². The maximum absolute atomic E-state index is 11.6. The monoisotopic (exact) mass is 249 g/mol. The molecule has 2 unspecified atom stereocenters. The molecule has 0 aromatic rings. The summed E-state index contributed by atoms with van der Waals surface area (Å²) in [5.74, 6) is 0.754. The molecule has 1 N–H and O–H groups in total. The van der Waals surface area contributed by atoms with E-state index in [0.29, 0.717) is 18.5 Å². The van der Waals surface area contributed by atoms with Gasteiger partial charge in [-0.3, -0.25) is 0 Å². The molecule has 0 bridgehead atoms. The average Bonchev–Trinajstić information content (AvgIpc) is 2.69. The lowest BCUT2D eigenvalue weighted by molar-refractivity contribution is 0.178. The van der Waals surface area contributed by atoms with Gasteiger partial charge in [-0.15, -0.1) is 0 Å². The van der Waals surface area contributed by atoms with Gasteiger partial charge in [-0.1, -0.05) is 0 Å². The van der Waals surface area contributed by atoms with Crippen molar-refractivity contribution in [2.45, 2.75) is 38.5 Å². The summed E-state index contributed by atoms with van der Waals surface area (Å²) in [4.78, 5) is 0. The van der Waals surface area contributed by atoms with Crippen molar-refractivity contribution in [2.75, 3.05) is 25.5 Å². The Morgan fingerprint density at radius 2 is 2.06 bits per heavy atom. The van der Waals surface area contributed by atoms with Gasteiger partial charge in [-0.2, -0.15) is 0 Å². The van der Waals surface area contributed by atoms with E-state index in [0.717, 1.165) is 19.6 Å². The molecule has 96 valence electrons. The summed E-state index contributed by atoms with van der Waals surface area (Å²) < 4.78 is 28.4. The van der Waals surface area contributed by atoms with E-state index >= 15 is 0 Å². The molecule has 0 aromatic carbocycles. The highest BCUT2D eigenvalue weighted by molar-refractivity contribution is 7.92. The van der Waals surface area contributed by atoms with Crippen molar-refractivity contribution in [3.63, 3.8) is 0 Å². The molecule has 1 saturated heterocycles. The van der Waals surface area contributed by atoms with Gasteiger partial charge < -0.3 is 10.1 Å². The summed E-state index contributed by atoms with van der Waals surface area (Å²) in [7, 11) is -2.91. The zero-order valence-electron chi connectivity index (χ0n) is 10.4. The van der Waals surface area contributed by atoms with Crippen LogP contribution in [0.25, 0.3) is 0 Å². The molecule has 1 fully saturated rings. The highest BCUT2D eigenvalue weighted by Crippen LogP contribution is 2.16. The first-order valence-corrected chi connectivity index (χ1v) is 7.67. The van der Waals surface area contributed by atoms with Gasteiger partial charge in [0.1, 0.15) is 0 Å². The second-order valence-electron chi connectivity index (χ2n) is 4.78. The van der Waals surface area contributed by atoms with E-state index in [2.05, 4.69) is 12.2 Å². The summed E-state index contributed by atoms with van der Waals surface area (Å²) in [6.45, 7) is 7.72. The van der Waals surface area contributed by atoms with Crippen molar-refractivity contribution >= 4 is 9.84 Å². The van der Waals surface area contributed by atoms with Crippen molar-refractivity contribution in [3.05, 3.63) is 0 Å². The minimum absolute atomic E-state index is 0.225. The summed E-state index contributed by atoms with van der Waals surface area (Å²) in [5.41, 5.74) is 0.